The van der Waals surface area contributed by atoms with Crippen molar-refractivity contribution in [2.45, 2.75) is 25.7 Å². The summed E-state index contributed by atoms with van der Waals surface area (Å²) in [6, 6.07) is 16.1. The van der Waals surface area contributed by atoms with Crippen LogP contribution in [-0.2, 0) is 6.42 Å². The molecule has 1 amide bonds. The summed E-state index contributed by atoms with van der Waals surface area (Å²) in [6.07, 6.45) is 10.9. The molecule has 1 fully saturated rings. The van der Waals surface area contributed by atoms with Crippen molar-refractivity contribution in [2.24, 2.45) is 5.92 Å². The van der Waals surface area contributed by atoms with Crippen molar-refractivity contribution in [1.82, 2.24) is 24.8 Å². The van der Waals surface area contributed by atoms with E-state index in [-0.39, 0.29) is 5.91 Å². The monoisotopic (exact) mass is 423 g/mol. The Bertz CT molecular complexity index is 1220. The maximum atomic E-state index is 13.2. The van der Waals surface area contributed by atoms with Crippen LogP contribution in [0.1, 0.15) is 35.3 Å². The average Bonchev–Trinajstić information content (AvgIpc) is 3.10. The smallest absolute Gasteiger partial charge is 0.272 e. The summed E-state index contributed by atoms with van der Waals surface area (Å²) in [4.78, 5) is 32.3. The molecule has 1 aliphatic heterocycles. The number of carbonyl (C=O) groups excluding carboxylic acids is 1. The number of fused-ring (bicyclic) bond motifs is 1. The Labute approximate surface area is 187 Å². The van der Waals surface area contributed by atoms with Crippen LogP contribution in [0.25, 0.3) is 22.2 Å². The number of carbonyl (C=O) groups is 1. The van der Waals surface area contributed by atoms with E-state index >= 15 is 0 Å². The molecule has 160 valence electrons. The molecule has 0 aliphatic carbocycles. The summed E-state index contributed by atoms with van der Waals surface area (Å²) >= 11 is 0. The van der Waals surface area contributed by atoms with Crippen LogP contribution in [0.15, 0.2) is 73.4 Å². The van der Waals surface area contributed by atoms with Crippen molar-refractivity contribution in [1.29, 1.82) is 0 Å². The Morgan fingerprint density at radius 1 is 0.969 bits per heavy atom. The molecule has 4 aromatic rings. The minimum Gasteiger partial charge on any atom is -0.337 e. The van der Waals surface area contributed by atoms with Gasteiger partial charge in [0.15, 0.2) is 0 Å². The minimum absolute atomic E-state index is 0.00119. The standard InChI is InChI=1S/C26H25N5O/c32-26(25-10-2-8-23(30-25)21-16-27-18-28-17-21)31-13-4-5-19(11-14-31)15-20-6-1-9-24-22(20)7-3-12-29-24/h1-3,6-10,12,16-19H,4-5,11,13-15H2/t19-/m1/s1. The SMILES string of the molecule is O=C(c1cccc(-c2cncnc2)n1)N1CCC[C@@H](Cc2cccc3ncccc23)CC1. The fourth-order valence-electron chi connectivity index (χ4n) is 4.54. The molecule has 0 radical (unpaired) electrons. The van der Waals surface area contributed by atoms with Crippen molar-refractivity contribution < 1.29 is 4.79 Å². The third-order valence-electron chi connectivity index (χ3n) is 6.20. The third-order valence-corrected chi connectivity index (χ3v) is 6.20. The zero-order chi connectivity index (χ0) is 21.8. The highest BCUT2D eigenvalue weighted by atomic mass is 16.2. The van der Waals surface area contributed by atoms with Gasteiger partial charge in [-0.1, -0.05) is 24.3 Å². The van der Waals surface area contributed by atoms with Crippen LogP contribution in [0, 0.1) is 5.92 Å². The Balaban J connectivity index is 1.28. The van der Waals surface area contributed by atoms with E-state index in [2.05, 4.69) is 44.2 Å². The molecule has 6 heteroatoms. The number of hydrogen-bond acceptors (Lipinski definition) is 5. The Morgan fingerprint density at radius 2 is 1.84 bits per heavy atom. The van der Waals surface area contributed by atoms with E-state index in [4.69, 9.17) is 0 Å². The van der Waals surface area contributed by atoms with Crippen molar-refractivity contribution in [3.05, 3.63) is 84.7 Å². The van der Waals surface area contributed by atoms with Gasteiger partial charge in [0.25, 0.3) is 5.91 Å². The molecular formula is C26H25N5O. The van der Waals surface area contributed by atoms with Gasteiger partial charge >= 0.3 is 0 Å². The number of likely N-dealkylation sites (tertiary alicyclic amines) is 1. The lowest BCUT2D eigenvalue weighted by molar-refractivity contribution is 0.0754. The van der Waals surface area contributed by atoms with Gasteiger partial charge in [-0.3, -0.25) is 9.78 Å². The van der Waals surface area contributed by atoms with Crippen LogP contribution in [0.5, 0.6) is 0 Å². The Morgan fingerprint density at radius 3 is 2.75 bits per heavy atom. The summed E-state index contributed by atoms with van der Waals surface area (Å²) in [5.74, 6) is 0.554. The fraction of sp³-hybridized carbons (Fsp3) is 0.269. The van der Waals surface area contributed by atoms with Crippen molar-refractivity contribution in [3.63, 3.8) is 0 Å². The van der Waals surface area contributed by atoms with Crippen LogP contribution >= 0.6 is 0 Å². The van der Waals surface area contributed by atoms with Crippen LogP contribution in [-0.4, -0.2) is 43.8 Å². The van der Waals surface area contributed by atoms with E-state index in [1.807, 2.05) is 29.3 Å². The molecule has 4 heterocycles. The third kappa shape index (κ3) is 4.35. The summed E-state index contributed by atoms with van der Waals surface area (Å²) in [5.41, 5.74) is 4.39. The number of hydrogen-bond donors (Lipinski definition) is 0. The highest BCUT2D eigenvalue weighted by Gasteiger charge is 2.23. The van der Waals surface area contributed by atoms with E-state index in [0.717, 1.165) is 49.9 Å². The minimum atomic E-state index is -0.00119. The summed E-state index contributed by atoms with van der Waals surface area (Å²) in [6.45, 7) is 1.53. The molecule has 0 saturated carbocycles. The second-order valence-electron chi connectivity index (χ2n) is 8.32. The largest absolute Gasteiger partial charge is 0.337 e. The molecule has 0 spiro atoms. The molecule has 3 aromatic heterocycles. The summed E-state index contributed by atoms with van der Waals surface area (Å²) in [5, 5.41) is 1.23. The lowest BCUT2D eigenvalue weighted by atomic mass is 9.91. The predicted octanol–water partition coefficient (Wildman–Crippen LogP) is 4.57. The summed E-state index contributed by atoms with van der Waals surface area (Å²) in [7, 11) is 0. The molecule has 32 heavy (non-hydrogen) atoms. The Hall–Kier alpha value is -3.67. The van der Waals surface area contributed by atoms with E-state index < -0.39 is 0 Å². The molecule has 0 unspecified atom stereocenters. The zero-order valence-electron chi connectivity index (χ0n) is 17.9. The normalized spacial score (nSPS) is 16.6. The number of nitrogens with zero attached hydrogens (tertiary/aromatic N) is 5. The average molecular weight is 424 g/mol. The number of rotatable bonds is 4. The molecule has 0 N–H and O–H groups in total. The van der Waals surface area contributed by atoms with Gasteiger partial charge in [-0.15, -0.1) is 0 Å². The molecule has 1 aromatic carbocycles. The van der Waals surface area contributed by atoms with E-state index in [1.165, 1.54) is 17.3 Å². The van der Waals surface area contributed by atoms with Gasteiger partial charge in [-0.05, 0) is 61.4 Å². The quantitative estimate of drug-likeness (QED) is 0.481. The fourth-order valence-corrected chi connectivity index (χ4v) is 4.54. The number of benzene rings is 1. The first-order valence-corrected chi connectivity index (χ1v) is 11.1. The van der Waals surface area contributed by atoms with Crippen LogP contribution in [0.4, 0.5) is 0 Å². The number of pyridine rings is 2. The summed E-state index contributed by atoms with van der Waals surface area (Å²) < 4.78 is 0. The van der Waals surface area contributed by atoms with Gasteiger partial charge in [0.05, 0.1) is 11.2 Å². The lowest BCUT2D eigenvalue weighted by Crippen LogP contribution is -2.32. The maximum Gasteiger partial charge on any atom is 0.272 e. The molecule has 0 bridgehead atoms. The number of amides is 1. The van der Waals surface area contributed by atoms with Gasteiger partial charge < -0.3 is 4.90 Å². The molecule has 1 aliphatic rings. The van der Waals surface area contributed by atoms with Gasteiger partial charge in [-0.2, -0.15) is 0 Å². The zero-order valence-corrected chi connectivity index (χ0v) is 17.9. The molecule has 1 saturated heterocycles. The maximum absolute atomic E-state index is 13.2. The first kappa shape index (κ1) is 20.2. The second-order valence-corrected chi connectivity index (χ2v) is 8.32. The van der Waals surface area contributed by atoms with Crippen LogP contribution in [0.2, 0.25) is 0 Å². The van der Waals surface area contributed by atoms with Crippen molar-refractivity contribution >= 4 is 16.8 Å². The first-order valence-electron chi connectivity index (χ1n) is 11.1. The molecule has 5 rings (SSSR count). The number of aromatic nitrogens is 4. The van der Waals surface area contributed by atoms with Crippen molar-refractivity contribution in [3.8, 4) is 11.3 Å². The van der Waals surface area contributed by atoms with Crippen LogP contribution < -0.4 is 0 Å². The van der Waals surface area contributed by atoms with Gasteiger partial charge in [0.2, 0.25) is 0 Å². The van der Waals surface area contributed by atoms with Gasteiger partial charge in [0.1, 0.15) is 12.0 Å². The molecule has 1 atom stereocenters. The highest BCUT2D eigenvalue weighted by Crippen LogP contribution is 2.26. The van der Waals surface area contributed by atoms with Gasteiger partial charge in [0, 0.05) is 42.6 Å². The van der Waals surface area contributed by atoms with E-state index in [1.54, 1.807) is 18.5 Å². The van der Waals surface area contributed by atoms with Crippen molar-refractivity contribution in [2.75, 3.05) is 13.1 Å². The van der Waals surface area contributed by atoms with E-state index in [0.29, 0.717) is 17.3 Å². The van der Waals surface area contributed by atoms with E-state index in [9.17, 15) is 4.79 Å². The second kappa shape index (κ2) is 9.22. The molecular weight excluding hydrogens is 398 g/mol. The molecule has 6 nitrogen and oxygen atoms in total. The topological polar surface area (TPSA) is 71.9 Å². The predicted molar refractivity (Wildman–Crippen MR) is 124 cm³/mol. The lowest BCUT2D eigenvalue weighted by Gasteiger charge is -2.20. The van der Waals surface area contributed by atoms with Gasteiger partial charge in [-0.25, -0.2) is 15.0 Å². The Kier molecular flexibility index (Phi) is 5.83. The highest BCUT2D eigenvalue weighted by molar-refractivity contribution is 5.92. The van der Waals surface area contributed by atoms with Crippen LogP contribution in [0.3, 0.4) is 0 Å². The first-order chi connectivity index (χ1) is 15.8.